The van der Waals surface area contributed by atoms with E-state index in [4.69, 9.17) is 19.2 Å². The number of hydrogen-bond donors (Lipinski definition) is 0. The van der Waals surface area contributed by atoms with Gasteiger partial charge in [-0.3, -0.25) is 4.79 Å². The van der Waals surface area contributed by atoms with E-state index in [1.54, 1.807) is 21.1 Å². The topological polar surface area (TPSA) is 83.9 Å². The second-order valence-electron chi connectivity index (χ2n) is 8.59. The molecule has 9 nitrogen and oxygen atoms in total. The number of fused-ring (bicyclic) bond motifs is 1. The van der Waals surface area contributed by atoms with Gasteiger partial charge in [0.15, 0.2) is 16.7 Å². The SMILES string of the molecule is CCOC(=O)C1=C(C)N=C2SC=C(CC(=O)N3CCN(C)CC3)N2C1c1ccc(OC)c(OC)c1. The molecular formula is C25H32N4O5S. The van der Waals surface area contributed by atoms with Crippen molar-refractivity contribution in [3.05, 3.63) is 46.1 Å². The van der Waals surface area contributed by atoms with Crippen LogP contribution in [0.25, 0.3) is 0 Å². The van der Waals surface area contributed by atoms with Crippen LogP contribution >= 0.6 is 11.8 Å². The second kappa shape index (κ2) is 10.7. The molecule has 3 aliphatic heterocycles. The molecule has 1 amide bonds. The van der Waals surface area contributed by atoms with E-state index in [0.717, 1.165) is 29.5 Å². The first-order valence-corrected chi connectivity index (χ1v) is 12.6. The number of amides is 1. The number of ether oxygens (including phenoxy) is 3. The highest BCUT2D eigenvalue weighted by Gasteiger charge is 2.41. The molecule has 1 atom stereocenters. The normalized spacial score (nSPS) is 20.3. The van der Waals surface area contributed by atoms with Gasteiger partial charge in [0.25, 0.3) is 0 Å². The smallest absolute Gasteiger partial charge is 0.338 e. The highest BCUT2D eigenvalue weighted by atomic mass is 32.2. The molecule has 10 heteroatoms. The number of hydrogen-bond acceptors (Lipinski definition) is 9. The quantitative estimate of drug-likeness (QED) is 0.529. The molecular weight excluding hydrogens is 468 g/mol. The Labute approximate surface area is 210 Å². The molecule has 0 N–H and O–H groups in total. The molecule has 0 aliphatic carbocycles. The average Bonchev–Trinajstić information content (AvgIpc) is 3.24. The van der Waals surface area contributed by atoms with Crippen molar-refractivity contribution in [1.29, 1.82) is 0 Å². The van der Waals surface area contributed by atoms with Crippen LogP contribution in [-0.4, -0.2) is 85.8 Å². The lowest BCUT2D eigenvalue weighted by molar-refractivity contribution is -0.139. The molecule has 0 aromatic heterocycles. The van der Waals surface area contributed by atoms with Crippen molar-refractivity contribution in [3.8, 4) is 11.5 Å². The summed E-state index contributed by atoms with van der Waals surface area (Å²) in [7, 11) is 5.22. The number of aliphatic imine (C=N–C) groups is 1. The summed E-state index contributed by atoms with van der Waals surface area (Å²) in [5.74, 6) is 0.799. The minimum atomic E-state index is -0.511. The standard InChI is InChI=1S/C25H32N4O5S/c1-6-34-24(31)22-16(2)26-25-29(23(22)17-7-8-19(32-4)20(13-17)33-5)18(15-35-25)14-21(30)28-11-9-27(3)10-12-28/h7-8,13,15,23H,6,9-12,14H2,1-5H3. The highest BCUT2D eigenvalue weighted by molar-refractivity contribution is 8.16. The largest absolute Gasteiger partial charge is 0.493 e. The molecule has 1 fully saturated rings. The van der Waals surface area contributed by atoms with Gasteiger partial charge < -0.3 is 28.9 Å². The maximum Gasteiger partial charge on any atom is 0.338 e. The van der Waals surface area contributed by atoms with E-state index < -0.39 is 12.0 Å². The van der Waals surface area contributed by atoms with Crippen LogP contribution in [0.3, 0.4) is 0 Å². The number of nitrogens with zero attached hydrogens (tertiary/aromatic N) is 4. The summed E-state index contributed by atoms with van der Waals surface area (Å²) in [6.07, 6.45) is 0.231. The Kier molecular flexibility index (Phi) is 7.71. The van der Waals surface area contributed by atoms with Gasteiger partial charge in [0.05, 0.1) is 44.6 Å². The first-order valence-electron chi connectivity index (χ1n) is 11.7. The van der Waals surface area contributed by atoms with Gasteiger partial charge in [-0.1, -0.05) is 17.8 Å². The molecule has 1 unspecified atom stereocenters. The number of esters is 1. The van der Waals surface area contributed by atoms with Crippen molar-refractivity contribution in [1.82, 2.24) is 14.7 Å². The molecule has 0 bridgehead atoms. The lowest BCUT2D eigenvalue weighted by Crippen LogP contribution is -2.47. The molecule has 0 saturated carbocycles. The Bertz CT molecular complexity index is 1090. The lowest BCUT2D eigenvalue weighted by atomic mass is 9.93. The van der Waals surface area contributed by atoms with Gasteiger partial charge in [0.1, 0.15) is 0 Å². The predicted octanol–water partition coefficient (Wildman–Crippen LogP) is 3.01. The van der Waals surface area contributed by atoms with E-state index in [2.05, 4.69) is 11.9 Å². The molecule has 3 aliphatic rings. The van der Waals surface area contributed by atoms with E-state index in [9.17, 15) is 9.59 Å². The molecule has 4 rings (SSSR count). The van der Waals surface area contributed by atoms with Crippen molar-refractivity contribution in [2.24, 2.45) is 4.99 Å². The fourth-order valence-corrected chi connectivity index (χ4v) is 5.46. The number of carbonyl (C=O) groups is 2. The number of likely N-dealkylation sites (N-methyl/N-ethyl adjacent to an activating group) is 1. The summed E-state index contributed by atoms with van der Waals surface area (Å²) >= 11 is 1.46. The molecule has 3 heterocycles. The number of carbonyl (C=O) groups excluding carboxylic acids is 2. The zero-order chi connectivity index (χ0) is 25.1. The van der Waals surface area contributed by atoms with Crippen molar-refractivity contribution < 1.29 is 23.8 Å². The monoisotopic (exact) mass is 500 g/mol. The fourth-order valence-electron chi connectivity index (χ4n) is 4.50. The Morgan fingerprint density at radius 1 is 1.11 bits per heavy atom. The second-order valence-corrected chi connectivity index (χ2v) is 9.43. The summed E-state index contributed by atoms with van der Waals surface area (Å²) in [6.45, 7) is 7.00. The van der Waals surface area contributed by atoms with Crippen molar-refractivity contribution in [2.45, 2.75) is 26.3 Å². The zero-order valence-electron chi connectivity index (χ0n) is 20.9. The van der Waals surface area contributed by atoms with Gasteiger partial charge >= 0.3 is 5.97 Å². The van der Waals surface area contributed by atoms with Gasteiger partial charge in [0.2, 0.25) is 5.91 Å². The molecule has 0 spiro atoms. The van der Waals surface area contributed by atoms with Crippen LogP contribution in [-0.2, 0) is 14.3 Å². The Hall–Kier alpha value is -2.98. The number of benzene rings is 1. The minimum Gasteiger partial charge on any atom is -0.493 e. The minimum absolute atomic E-state index is 0.0706. The van der Waals surface area contributed by atoms with E-state index in [1.165, 1.54) is 11.8 Å². The van der Waals surface area contributed by atoms with Crippen LogP contribution in [0.15, 0.2) is 45.6 Å². The van der Waals surface area contributed by atoms with E-state index >= 15 is 0 Å². The average molecular weight is 501 g/mol. The molecule has 35 heavy (non-hydrogen) atoms. The maximum atomic E-state index is 13.2. The third kappa shape index (κ3) is 5.04. The van der Waals surface area contributed by atoms with Gasteiger partial charge in [-0.15, -0.1) is 0 Å². The summed E-state index contributed by atoms with van der Waals surface area (Å²) in [4.78, 5) is 37.1. The summed E-state index contributed by atoms with van der Waals surface area (Å²) in [6, 6.07) is 5.08. The molecule has 1 aromatic rings. The number of thioether (sulfide) groups is 1. The number of piperazine rings is 1. The first-order chi connectivity index (χ1) is 16.9. The van der Waals surface area contributed by atoms with E-state index in [0.29, 0.717) is 35.9 Å². The van der Waals surface area contributed by atoms with Crippen molar-refractivity contribution in [3.63, 3.8) is 0 Å². The highest BCUT2D eigenvalue weighted by Crippen LogP contribution is 2.46. The number of allylic oxidation sites excluding steroid dienone is 1. The lowest BCUT2D eigenvalue weighted by Gasteiger charge is -2.37. The van der Waals surface area contributed by atoms with Gasteiger partial charge in [-0.05, 0) is 44.0 Å². The maximum absolute atomic E-state index is 13.2. The molecule has 0 radical (unpaired) electrons. The third-order valence-corrected chi connectivity index (χ3v) is 7.30. The first kappa shape index (κ1) is 25.1. The van der Waals surface area contributed by atoms with Crippen LogP contribution in [0.5, 0.6) is 11.5 Å². The Balaban J connectivity index is 1.71. The number of methoxy groups -OCH3 is 2. The summed E-state index contributed by atoms with van der Waals surface area (Å²) in [5, 5.41) is 2.69. The summed E-state index contributed by atoms with van der Waals surface area (Å²) in [5.41, 5.74) is 2.68. The molecule has 1 saturated heterocycles. The van der Waals surface area contributed by atoms with Gasteiger partial charge in [-0.25, -0.2) is 9.79 Å². The Morgan fingerprint density at radius 3 is 2.49 bits per heavy atom. The Morgan fingerprint density at radius 2 is 1.83 bits per heavy atom. The van der Waals surface area contributed by atoms with E-state index in [1.807, 2.05) is 40.3 Å². The predicted molar refractivity (Wildman–Crippen MR) is 135 cm³/mol. The van der Waals surface area contributed by atoms with Crippen LogP contribution in [0.1, 0.15) is 31.9 Å². The molecule has 1 aromatic carbocycles. The van der Waals surface area contributed by atoms with Crippen LogP contribution in [0, 0.1) is 0 Å². The van der Waals surface area contributed by atoms with Crippen molar-refractivity contribution in [2.75, 3.05) is 54.1 Å². The van der Waals surface area contributed by atoms with Crippen LogP contribution in [0.2, 0.25) is 0 Å². The third-order valence-electron chi connectivity index (χ3n) is 6.41. The van der Waals surface area contributed by atoms with Crippen molar-refractivity contribution >= 4 is 28.8 Å². The zero-order valence-corrected chi connectivity index (χ0v) is 21.7. The van der Waals surface area contributed by atoms with Crippen LogP contribution < -0.4 is 9.47 Å². The fraction of sp³-hybridized carbons (Fsp3) is 0.480. The molecule has 188 valence electrons. The number of amidine groups is 1. The van der Waals surface area contributed by atoms with E-state index in [-0.39, 0.29) is 18.9 Å². The van der Waals surface area contributed by atoms with Gasteiger partial charge in [0, 0.05) is 31.9 Å². The number of rotatable bonds is 7. The van der Waals surface area contributed by atoms with Gasteiger partial charge in [-0.2, -0.15) is 0 Å². The summed E-state index contributed by atoms with van der Waals surface area (Å²) < 4.78 is 16.4. The van der Waals surface area contributed by atoms with Crippen LogP contribution in [0.4, 0.5) is 0 Å².